The van der Waals surface area contributed by atoms with Crippen LogP contribution >= 0.6 is 31.1 Å². The van der Waals surface area contributed by atoms with Crippen LogP contribution in [0.5, 0.6) is 0 Å². The van der Waals surface area contributed by atoms with E-state index in [0.717, 1.165) is 28.4 Å². The molecule has 0 aromatic carbocycles. The fourth-order valence-corrected chi connectivity index (χ4v) is 9.03. The molecule has 1 saturated heterocycles. The first-order valence-electron chi connectivity index (χ1n) is 10.4. The number of hydrogen-bond donors (Lipinski definition) is 4. The van der Waals surface area contributed by atoms with Crippen molar-refractivity contribution in [3.05, 3.63) is 11.3 Å². The Balaban J connectivity index is 1.84. The number of carbonyl (C=O) groups is 3. The molecule has 1 fully saturated rings. The largest absolute Gasteiger partial charge is 0.477 e. The Morgan fingerprint density at radius 2 is 2.11 bits per heavy atom. The fourth-order valence-electron chi connectivity index (χ4n) is 3.62. The monoisotopic (exact) mass is 624 g/mol. The van der Waals surface area contributed by atoms with Crippen LogP contribution in [0.1, 0.15) is 6.92 Å². The van der Waals surface area contributed by atoms with E-state index in [1.165, 1.54) is 6.92 Å². The zero-order valence-corrected chi connectivity index (χ0v) is 22.5. The summed E-state index contributed by atoms with van der Waals surface area (Å²) < 4.78 is 77.9. The number of H-pyrrole nitrogens is 1. The third-order valence-corrected chi connectivity index (χ3v) is 10.6. The summed E-state index contributed by atoms with van der Waals surface area (Å²) >= 11 is 1.78. The number of amides is 2. The molecule has 0 radical (unpaired) electrons. The number of nitrogens with zero attached hydrogens (tertiary/aromatic N) is 4. The Morgan fingerprint density at radius 1 is 1.42 bits per heavy atom. The smallest absolute Gasteiger partial charge is 0.402 e. The van der Waals surface area contributed by atoms with Gasteiger partial charge in [0.2, 0.25) is 11.1 Å². The van der Waals surface area contributed by atoms with Gasteiger partial charge in [0.15, 0.2) is 9.84 Å². The lowest BCUT2D eigenvalue weighted by Gasteiger charge is -2.50. The molecular formula is C16H20F3N6O9PS3. The molecule has 0 bridgehead atoms. The molecule has 0 saturated carbocycles. The summed E-state index contributed by atoms with van der Waals surface area (Å²) in [6.45, 7) is 1.37. The molecule has 3 heterocycles. The molecule has 2 aliphatic rings. The molecule has 4 atom stereocenters. The highest BCUT2D eigenvalue weighted by atomic mass is 32.2. The molecule has 22 heteroatoms. The number of aliphatic carboxylic acids is 1. The number of carboxylic acid groups (broad SMARTS) is 1. The second-order valence-corrected chi connectivity index (χ2v) is 14.1. The van der Waals surface area contributed by atoms with Gasteiger partial charge >= 0.3 is 19.7 Å². The average Bonchev–Trinajstić information content (AvgIpc) is 3.26. The summed E-state index contributed by atoms with van der Waals surface area (Å²) in [7, 11) is -9.09. The standard InChI is InChI=1S/C16H20F3N6O9PS3/c1-2-34-35(30,31)3-8(37-15-21-23-24-22-15)7-4-36-13-10(12(27)25(13)11(7)14(28)29)20-9(26)5-38(32,33)6-16(17,18)19/h8,10,13H,2-6H2,1H3,(H,20,26)(H,28,29)(H,30,31)(H,21,22,23,24)/t8?,10-,13+/m1/s1. The van der Waals surface area contributed by atoms with Gasteiger partial charge < -0.3 is 19.8 Å². The van der Waals surface area contributed by atoms with Crippen molar-refractivity contribution < 1.29 is 55.1 Å². The van der Waals surface area contributed by atoms with Crippen LogP contribution in [-0.2, 0) is 33.3 Å². The van der Waals surface area contributed by atoms with E-state index in [9.17, 15) is 50.5 Å². The van der Waals surface area contributed by atoms with E-state index in [-0.39, 0.29) is 23.1 Å². The molecular weight excluding hydrogens is 604 g/mol. The average molecular weight is 625 g/mol. The number of carboxylic acids is 1. The van der Waals surface area contributed by atoms with Crippen molar-refractivity contribution in [2.24, 2.45) is 0 Å². The van der Waals surface area contributed by atoms with Crippen LogP contribution in [0.2, 0.25) is 0 Å². The maximum absolute atomic E-state index is 12.8. The van der Waals surface area contributed by atoms with Gasteiger partial charge in [0.1, 0.15) is 28.6 Å². The van der Waals surface area contributed by atoms with Gasteiger partial charge in [0.05, 0.1) is 12.8 Å². The van der Waals surface area contributed by atoms with Crippen molar-refractivity contribution in [3.8, 4) is 0 Å². The van der Waals surface area contributed by atoms with E-state index in [2.05, 4.69) is 20.6 Å². The van der Waals surface area contributed by atoms with Gasteiger partial charge in [0.25, 0.3) is 5.91 Å². The fraction of sp³-hybridized carbons (Fsp3) is 0.625. The van der Waals surface area contributed by atoms with E-state index in [1.807, 2.05) is 5.32 Å². The van der Waals surface area contributed by atoms with Crippen LogP contribution in [0.25, 0.3) is 0 Å². The molecule has 1 aromatic heterocycles. The van der Waals surface area contributed by atoms with Gasteiger partial charge in [-0.15, -0.1) is 16.9 Å². The first kappa shape index (κ1) is 30.4. The third kappa shape index (κ3) is 7.47. The third-order valence-electron chi connectivity index (χ3n) is 4.95. The van der Waals surface area contributed by atoms with Crippen LogP contribution < -0.4 is 5.32 Å². The van der Waals surface area contributed by atoms with Gasteiger partial charge in [-0.05, 0) is 22.9 Å². The zero-order chi connectivity index (χ0) is 28.5. The summed E-state index contributed by atoms with van der Waals surface area (Å²) in [6, 6.07) is -1.40. The summed E-state index contributed by atoms with van der Waals surface area (Å²) in [5.41, 5.74) is -0.476. The normalized spacial score (nSPS) is 22.3. The number of alkyl halides is 3. The lowest BCUT2D eigenvalue weighted by Crippen LogP contribution is -2.71. The maximum Gasteiger partial charge on any atom is 0.402 e. The number of rotatable bonds is 12. The van der Waals surface area contributed by atoms with Crippen molar-refractivity contribution in [2.75, 3.05) is 30.0 Å². The molecule has 0 spiro atoms. The minimum Gasteiger partial charge on any atom is -0.477 e. The number of nitrogens with one attached hydrogen (secondary N) is 2. The highest BCUT2D eigenvalue weighted by Gasteiger charge is 2.55. The van der Waals surface area contributed by atoms with Gasteiger partial charge in [-0.1, -0.05) is 11.8 Å². The quantitative estimate of drug-likeness (QED) is 0.132. The summed E-state index contributed by atoms with van der Waals surface area (Å²) in [6.07, 6.45) is -5.63. The molecule has 4 N–H and O–H groups in total. The summed E-state index contributed by atoms with van der Waals surface area (Å²) in [5, 5.41) is 22.8. The lowest BCUT2D eigenvalue weighted by molar-refractivity contribution is -0.150. The Morgan fingerprint density at radius 3 is 2.66 bits per heavy atom. The van der Waals surface area contributed by atoms with E-state index in [4.69, 9.17) is 4.52 Å². The highest BCUT2D eigenvalue weighted by Crippen LogP contribution is 2.50. The van der Waals surface area contributed by atoms with E-state index in [0.29, 0.717) is 0 Å². The van der Waals surface area contributed by atoms with Crippen LogP contribution in [-0.4, -0.2) is 115 Å². The predicted octanol–water partition coefficient (Wildman–Crippen LogP) is -0.402. The minimum atomic E-state index is -5.06. The van der Waals surface area contributed by atoms with Crippen LogP contribution in [0, 0.1) is 0 Å². The molecule has 3 rings (SSSR count). The predicted molar refractivity (Wildman–Crippen MR) is 125 cm³/mol. The van der Waals surface area contributed by atoms with Crippen molar-refractivity contribution >= 4 is 58.7 Å². The second kappa shape index (κ2) is 11.5. The number of carbonyl (C=O) groups excluding carboxylic acids is 2. The number of β-lactam (4-membered cyclic amide) rings is 1. The number of fused-ring (bicyclic) bond motifs is 1. The summed E-state index contributed by atoms with van der Waals surface area (Å²) in [4.78, 5) is 48.1. The van der Waals surface area contributed by atoms with Crippen molar-refractivity contribution in [1.29, 1.82) is 0 Å². The molecule has 38 heavy (non-hydrogen) atoms. The highest BCUT2D eigenvalue weighted by molar-refractivity contribution is 8.01. The first-order valence-corrected chi connectivity index (χ1v) is 15.9. The topological polar surface area (TPSA) is 222 Å². The van der Waals surface area contributed by atoms with Gasteiger partial charge in [-0.3, -0.25) is 19.1 Å². The molecule has 0 aliphatic carbocycles. The number of hydrogen-bond acceptors (Lipinski definition) is 12. The van der Waals surface area contributed by atoms with Gasteiger partial charge in [-0.25, -0.2) is 18.3 Å². The number of thioether (sulfide) groups is 2. The van der Waals surface area contributed by atoms with Gasteiger partial charge in [-0.2, -0.15) is 13.2 Å². The minimum absolute atomic E-state index is 0.0556. The van der Waals surface area contributed by atoms with Crippen molar-refractivity contribution in [1.82, 2.24) is 30.8 Å². The van der Waals surface area contributed by atoms with E-state index < -0.39 is 81.4 Å². The maximum atomic E-state index is 12.8. The number of aromatic amines is 1. The number of aromatic nitrogens is 4. The number of sulfone groups is 1. The summed E-state index contributed by atoms with van der Waals surface area (Å²) in [5.74, 6) is -7.73. The van der Waals surface area contributed by atoms with Crippen molar-refractivity contribution in [2.45, 2.75) is 34.9 Å². The Hall–Kier alpha value is -2.19. The van der Waals surface area contributed by atoms with E-state index in [1.54, 1.807) is 0 Å². The molecule has 2 unspecified atom stereocenters. The Labute approximate surface area is 220 Å². The van der Waals surface area contributed by atoms with E-state index >= 15 is 0 Å². The van der Waals surface area contributed by atoms with Gasteiger partial charge in [0, 0.05) is 11.0 Å². The SMILES string of the molecule is CCOP(=O)(O)CC(Sc1nnn[nH]1)C1=C(C(=O)O)N2C(=O)[C@@H](NC(=O)CS(=O)(=O)CC(F)(F)F)[C@@H]2SC1. The second-order valence-electron chi connectivity index (χ2n) is 7.83. The number of halogens is 3. The van der Waals surface area contributed by atoms with Crippen molar-refractivity contribution in [3.63, 3.8) is 0 Å². The van der Waals surface area contributed by atoms with Crippen LogP contribution in [0.3, 0.4) is 0 Å². The number of tetrazole rings is 1. The first-order chi connectivity index (χ1) is 17.5. The molecule has 1 aromatic rings. The van der Waals surface area contributed by atoms with Crippen LogP contribution in [0.4, 0.5) is 13.2 Å². The Kier molecular flexibility index (Phi) is 9.19. The van der Waals surface area contributed by atoms with Crippen LogP contribution in [0.15, 0.2) is 16.4 Å². The molecule has 15 nitrogen and oxygen atoms in total. The molecule has 2 amide bonds. The molecule has 2 aliphatic heterocycles. The zero-order valence-electron chi connectivity index (χ0n) is 19.1. The lowest BCUT2D eigenvalue weighted by atomic mass is 10.0. The Bertz CT molecular complexity index is 1280. The molecule has 212 valence electrons.